The molecule has 1 fully saturated rings. The molecule has 25 heavy (non-hydrogen) atoms. The summed E-state index contributed by atoms with van der Waals surface area (Å²) in [5.41, 5.74) is 0.886. The fraction of sp³-hybridized carbons (Fsp3) is 0.667. The lowest BCUT2D eigenvalue weighted by Crippen LogP contribution is -2.43. The Morgan fingerprint density at radius 2 is 1.72 bits per heavy atom. The van der Waals surface area contributed by atoms with Crippen molar-refractivity contribution in [2.75, 3.05) is 40.2 Å². The molecule has 142 valence electrons. The van der Waals surface area contributed by atoms with E-state index < -0.39 is 10.0 Å². The van der Waals surface area contributed by atoms with Gasteiger partial charge in [0.1, 0.15) is 0 Å². The van der Waals surface area contributed by atoms with Crippen LogP contribution in [0.4, 0.5) is 0 Å². The zero-order chi connectivity index (χ0) is 18.3. The first-order valence-corrected chi connectivity index (χ1v) is 10.3. The summed E-state index contributed by atoms with van der Waals surface area (Å²) in [6, 6.07) is 5.90. The molecular formula is C18H29NO5S. The minimum Gasteiger partial charge on any atom is -0.493 e. The molecule has 0 aliphatic heterocycles. The van der Waals surface area contributed by atoms with Crippen molar-refractivity contribution in [3.63, 3.8) is 0 Å². The van der Waals surface area contributed by atoms with Crippen molar-refractivity contribution in [3.05, 3.63) is 23.8 Å². The molecule has 0 unspecified atom stereocenters. The summed E-state index contributed by atoms with van der Waals surface area (Å²) in [4.78, 5) is 0. The summed E-state index contributed by atoms with van der Waals surface area (Å²) in [6.07, 6.45) is 5.28. The molecule has 0 amide bonds. The number of methoxy groups -OCH3 is 3. The molecule has 1 aliphatic carbocycles. The fourth-order valence-corrected chi connectivity index (χ4v) is 4.50. The molecular weight excluding hydrogens is 342 g/mol. The van der Waals surface area contributed by atoms with Crippen LogP contribution in [0, 0.1) is 0 Å². The highest BCUT2D eigenvalue weighted by atomic mass is 32.2. The molecule has 0 saturated heterocycles. The first-order valence-electron chi connectivity index (χ1n) is 8.65. The van der Waals surface area contributed by atoms with Crippen LogP contribution >= 0.6 is 0 Å². The molecule has 0 aromatic heterocycles. The number of sulfonamides is 1. The molecule has 1 aromatic carbocycles. The standard InChI is InChI=1S/C18H29NO5S/c1-22-11-12-25(20,21)19-14-18(9-5-4-6-10-18)15-7-8-16(23-2)17(13-15)24-3/h7-8,13,19H,4-6,9-12,14H2,1-3H3. The van der Waals surface area contributed by atoms with Gasteiger partial charge in [0.25, 0.3) is 0 Å². The van der Waals surface area contributed by atoms with Gasteiger partial charge in [0, 0.05) is 19.1 Å². The number of rotatable bonds is 9. The first-order chi connectivity index (χ1) is 12.0. The number of nitrogens with one attached hydrogen (secondary N) is 1. The van der Waals surface area contributed by atoms with E-state index in [0.717, 1.165) is 31.2 Å². The number of benzene rings is 1. The van der Waals surface area contributed by atoms with Crippen LogP contribution < -0.4 is 14.2 Å². The van der Waals surface area contributed by atoms with Gasteiger partial charge < -0.3 is 14.2 Å². The van der Waals surface area contributed by atoms with Crippen LogP contribution in [0.25, 0.3) is 0 Å². The summed E-state index contributed by atoms with van der Waals surface area (Å²) in [6.45, 7) is 0.590. The van der Waals surface area contributed by atoms with Crippen molar-refractivity contribution < 1.29 is 22.6 Å². The van der Waals surface area contributed by atoms with Gasteiger partial charge >= 0.3 is 0 Å². The molecule has 0 spiro atoms. The van der Waals surface area contributed by atoms with Gasteiger partial charge in [-0.2, -0.15) is 0 Å². The van der Waals surface area contributed by atoms with Crippen LogP contribution in [0.3, 0.4) is 0 Å². The van der Waals surface area contributed by atoms with Crippen molar-refractivity contribution in [1.82, 2.24) is 4.72 Å². The zero-order valence-electron chi connectivity index (χ0n) is 15.3. The average Bonchev–Trinajstić information content (AvgIpc) is 2.65. The minimum absolute atomic E-state index is 0.0223. The lowest BCUT2D eigenvalue weighted by molar-refractivity contribution is 0.216. The summed E-state index contributed by atoms with van der Waals surface area (Å²) >= 11 is 0. The van der Waals surface area contributed by atoms with E-state index in [4.69, 9.17) is 14.2 Å². The molecule has 0 radical (unpaired) electrons. The Hall–Kier alpha value is -1.31. The Bertz CT molecular complexity index is 653. The summed E-state index contributed by atoms with van der Waals surface area (Å²) in [7, 11) is 1.38. The lowest BCUT2D eigenvalue weighted by atomic mass is 9.69. The second-order valence-electron chi connectivity index (χ2n) is 6.54. The quantitative estimate of drug-likeness (QED) is 0.722. The van der Waals surface area contributed by atoms with Gasteiger partial charge in [0.05, 0.1) is 26.6 Å². The highest BCUT2D eigenvalue weighted by Gasteiger charge is 2.35. The predicted molar refractivity (Wildman–Crippen MR) is 98.0 cm³/mol. The molecule has 6 nitrogen and oxygen atoms in total. The first kappa shape index (κ1) is 20.0. The number of ether oxygens (including phenoxy) is 3. The maximum atomic E-state index is 12.2. The molecule has 2 rings (SSSR count). The van der Waals surface area contributed by atoms with Crippen molar-refractivity contribution in [2.45, 2.75) is 37.5 Å². The van der Waals surface area contributed by atoms with E-state index in [1.54, 1.807) is 14.2 Å². The largest absolute Gasteiger partial charge is 0.493 e. The average molecular weight is 371 g/mol. The van der Waals surface area contributed by atoms with E-state index in [-0.39, 0.29) is 17.8 Å². The van der Waals surface area contributed by atoms with Gasteiger partial charge in [-0.15, -0.1) is 0 Å². The second-order valence-corrected chi connectivity index (χ2v) is 8.47. The molecule has 1 saturated carbocycles. The highest BCUT2D eigenvalue weighted by Crippen LogP contribution is 2.42. The third-order valence-electron chi connectivity index (χ3n) is 4.99. The van der Waals surface area contributed by atoms with Crippen LogP contribution in [-0.4, -0.2) is 48.7 Å². The van der Waals surface area contributed by atoms with Crippen LogP contribution in [0.1, 0.15) is 37.7 Å². The molecule has 0 bridgehead atoms. The highest BCUT2D eigenvalue weighted by molar-refractivity contribution is 7.89. The molecule has 7 heteroatoms. The number of hydrogen-bond acceptors (Lipinski definition) is 5. The van der Waals surface area contributed by atoms with E-state index in [9.17, 15) is 8.42 Å². The van der Waals surface area contributed by atoms with Crippen LogP contribution in [0.15, 0.2) is 18.2 Å². The normalized spacial score (nSPS) is 17.2. The van der Waals surface area contributed by atoms with Crippen LogP contribution in [0.5, 0.6) is 11.5 Å². The minimum atomic E-state index is -3.35. The van der Waals surface area contributed by atoms with Crippen molar-refractivity contribution >= 4 is 10.0 Å². The van der Waals surface area contributed by atoms with Gasteiger partial charge in [0.2, 0.25) is 10.0 Å². The van der Waals surface area contributed by atoms with Gasteiger partial charge in [-0.3, -0.25) is 0 Å². The topological polar surface area (TPSA) is 73.9 Å². The Morgan fingerprint density at radius 3 is 2.32 bits per heavy atom. The summed E-state index contributed by atoms with van der Waals surface area (Å²) < 4.78 is 42.8. The SMILES string of the molecule is COCCS(=O)(=O)NCC1(c2ccc(OC)c(OC)c2)CCCCC1. The summed E-state index contributed by atoms with van der Waals surface area (Å²) in [5, 5.41) is 0. The van der Waals surface area contributed by atoms with E-state index in [0.29, 0.717) is 18.0 Å². The third kappa shape index (κ3) is 5.09. The summed E-state index contributed by atoms with van der Waals surface area (Å²) in [5.74, 6) is 1.33. The molecule has 1 aliphatic rings. The zero-order valence-corrected chi connectivity index (χ0v) is 16.2. The van der Waals surface area contributed by atoms with Crippen molar-refractivity contribution in [2.24, 2.45) is 0 Å². The van der Waals surface area contributed by atoms with Gasteiger partial charge in [-0.1, -0.05) is 25.3 Å². The fourth-order valence-electron chi connectivity index (χ4n) is 3.48. The lowest BCUT2D eigenvalue weighted by Gasteiger charge is -2.38. The molecule has 0 atom stereocenters. The van der Waals surface area contributed by atoms with Gasteiger partial charge in [-0.05, 0) is 30.5 Å². The predicted octanol–water partition coefficient (Wildman–Crippen LogP) is 2.47. The molecule has 0 heterocycles. The Labute approximate surface area is 150 Å². The van der Waals surface area contributed by atoms with Gasteiger partial charge in [0.15, 0.2) is 11.5 Å². The maximum Gasteiger partial charge on any atom is 0.213 e. The second kappa shape index (κ2) is 8.87. The van der Waals surface area contributed by atoms with E-state index in [2.05, 4.69) is 4.72 Å². The Kier molecular flexibility index (Phi) is 7.10. The van der Waals surface area contributed by atoms with Crippen molar-refractivity contribution in [3.8, 4) is 11.5 Å². The van der Waals surface area contributed by atoms with Crippen LogP contribution in [0.2, 0.25) is 0 Å². The molecule has 1 aromatic rings. The monoisotopic (exact) mass is 371 g/mol. The Balaban J connectivity index is 2.26. The van der Waals surface area contributed by atoms with Crippen molar-refractivity contribution in [1.29, 1.82) is 0 Å². The Morgan fingerprint density at radius 1 is 1.04 bits per heavy atom. The number of hydrogen-bond donors (Lipinski definition) is 1. The van der Waals surface area contributed by atoms with E-state index in [1.807, 2.05) is 18.2 Å². The maximum absolute atomic E-state index is 12.2. The smallest absolute Gasteiger partial charge is 0.213 e. The van der Waals surface area contributed by atoms with Gasteiger partial charge in [-0.25, -0.2) is 13.1 Å². The molecule has 1 N–H and O–H groups in total. The van der Waals surface area contributed by atoms with E-state index >= 15 is 0 Å². The third-order valence-corrected chi connectivity index (χ3v) is 6.28. The van der Waals surface area contributed by atoms with E-state index in [1.165, 1.54) is 13.5 Å². The van der Waals surface area contributed by atoms with Crippen LogP contribution in [-0.2, 0) is 20.2 Å².